The number of fused-ring (bicyclic) bond motifs is 3. The lowest BCUT2D eigenvalue weighted by Crippen LogP contribution is -2.56. The van der Waals surface area contributed by atoms with E-state index in [0.717, 1.165) is 43.0 Å². The SMILES string of the molecule is CC1(C)CC(=O)C2=C(C1)C[C@@]1(C)CC(C)(C)C[C@@]2(OC(=O)c2cc([N+](=O)[O-])cc([N+](=O)[O-])c2)C1. The van der Waals surface area contributed by atoms with Crippen molar-refractivity contribution in [1.29, 1.82) is 0 Å². The number of non-ortho nitro benzene ring substituents is 2. The minimum absolute atomic E-state index is 0.0242. The van der Waals surface area contributed by atoms with Crippen LogP contribution >= 0.6 is 0 Å². The van der Waals surface area contributed by atoms with Crippen molar-refractivity contribution in [2.75, 3.05) is 0 Å². The Morgan fingerprint density at radius 3 is 2.00 bits per heavy atom. The molecule has 0 saturated heterocycles. The first-order valence-electron chi connectivity index (χ1n) is 11.5. The number of nitro benzene ring substituents is 2. The Labute approximate surface area is 197 Å². The molecule has 0 aromatic heterocycles. The summed E-state index contributed by atoms with van der Waals surface area (Å²) in [4.78, 5) is 47.9. The minimum atomic E-state index is -1.16. The maximum atomic E-state index is 13.4. The highest BCUT2D eigenvalue weighted by Crippen LogP contribution is 2.62. The monoisotopic (exact) mass is 470 g/mol. The standard InChI is InChI=1S/C25H30N2O7/c1-22(2)9-16-10-24(5)12-23(3,4)13-25(14-24,20(16)19(28)11-22)34-21(29)15-6-17(26(30)31)8-18(7-15)27(32)33/h6-8H,9-14H2,1-5H3/t24-,25+/m0/s1. The van der Waals surface area contributed by atoms with Gasteiger partial charge in [-0.3, -0.25) is 25.0 Å². The van der Waals surface area contributed by atoms with Gasteiger partial charge in [-0.15, -0.1) is 0 Å². The van der Waals surface area contributed by atoms with Gasteiger partial charge in [0.1, 0.15) is 5.60 Å². The Morgan fingerprint density at radius 1 is 0.853 bits per heavy atom. The number of carbonyl (C=O) groups excluding carboxylic acids is 2. The number of nitrogens with zero attached hydrogens (tertiary/aromatic N) is 2. The molecule has 1 aromatic rings. The fraction of sp³-hybridized carbons (Fsp3) is 0.600. The van der Waals surface area contributed by atoms with E-state index >= 15 is 0 Å². The smallest absolute Gasteiger partial charge is 0.339 e. The quantitative estimate of drug-likeness (QED) is 0.313. The van der Waals surface area contributed by atoms with Crippen LogP contribution in [0.15, 0.2) is 29.3 Å². The molecule has 2 atom stereocenters. The molecule has 1 fully saturated rings. The zero-order valence-corrected chi connectivity index (χ0v) is 20.2. The summed E-state index contributed by atoms with van der Waals surface area (Å²) in [6, 6.07) is 2.79. The van der Waals surface area contributed by atoms with Gasteiger partial charge < -0.3 is 4.74 Å². The largest absolute Gasteiger partial charge is 0.450 e. The van der Waals surface area contributed by atoms with Crippen molar-refractivity contribution in [3.63, 3.8) is 0 Å². The zero-order valence-electron chi connectivity index (χ0n) is 20.2. The van der Waals surface area contributed by atoms with E-state index in [2.05, 4.69) is 34.6 Å². The zero-order chi connectivity index (χ0) is 25.3. The average Bonchev–Trinajstić information content (AvgIpc) is 2.63. The first kappa shape index (κ1) is 24.0. The van der Waals surface area contributed by atoms with Crippen LogP contribution in [-0.2, 0) is 9.53 Å². The third kappa shape index (κ3) is 4.23. The molecule has 1 saturated carbocycles. The van der Waals surface area contributed by atoms with E-state index in [4.69, 9.17) is 4.74 Å². The first-order chi connectivity index (χ1) is 15.5. The summed E-state index contributed by atoms with van der Waals surface area (Å²) in [5, 5.41) is 22.6. The molecule has 0 amide bonds. The van der Waals surface area contributed by atoms with Crippen molar-refractivity contribution in [2.24, 2.45) is 16.2 Å². The van der Waals surface area contributed by atoms with E-state index in [9.17, 15) is 29.8 Å². The molecule has 3 aliphatic rings. The molecule has 0 unspecified atom stereocenters. The molecule has 0 radical (unpaired) electrons. The molecule has 2 bridgehead atoms. The lowest BCUT2D eigenvalue weighted by Gasteiger charge is -2.58. The number of hydrogen-bond donors (Lipinski definition) is 0. The van der Waals surface area contributed by atoms with Crippen molar-refractivity contribution < 1.29 is 24.2 Å². The number of nitro groups is 2. The molecule has 9 heteroatoms. The third-order valence-electron chi connectivity index (χ3n) is 7.29. The van der Waals surface area contributed by atoms with E-state index in [1.807, 2.05) is 0 Å². The van der Waals surface area contributed by atoms with Crippen molar-refractivity contribution in [1.82, 2.24) is 0 Å². The highest BCUT2D eigenvalue weighted by molar-refractivity contribution is 6.01. The molecule has 0 N–H and O–H groups in total. The van der Waals surface area contributed by atoms with Gasteiger partial charge in [-0.2, -0.15) is 0 Å². The molecule has 34 heavy (non-hydrogen) atoms. The van der Waals surface area contributed by atoms with Crippen LogP contribution in [0.4, 0.5) is 11.4 Å². The van der Waals surface area contributed by atoms with Gasteiger partial charge in [-0.25, -0.2) is 4.79 Å². The van der Waals surface area contributed by atoms with E-state index in [1.165, 1.54) is 0 Å². The van der Waals surface area contributed by atoms with Gasteiger partial charge in [0.2, 0.25) is 0 Å². The van der Waals surface area contributed by atoms with Crippen LogP contribution in [0.1, 0.15) is 83.5 Å². The van der Waals surface area contributed by atoms with Crippen molar-refractivity contribution in [3.8, 4) is 0 Å². The number of ether oxygens (including phenoxy) is 1. The van der Waals surface area contributed by atoms with Gasteiger partial charge in [0.25, 0.3) is 11.4 Å². The predicted molar refractivity (Wildman–Crippen MR) is 123 cm³/mol. The summed E-state index contributed by atoms with van der Waals surface area (Å²) in [7, 11) is 0. The minimum Gasteiger partial charge on any atom is -0.450 e. The van der Waals surface area contributed by atoms with Crippen molar-refractivity contribution >= 4 is 23.1 Å². The second-order valence-electron chi connectivity index (χ2n) is 12.2. The Bertz CT molecular complexity index is 1130. The van der Waals surface area contributed by atoms with Crippen LogP contribution in [0.3, 0.4) is 0 Å². The Kier molecular flexibility index (Phi) is 5.27. The fourth-order valence-corrected chi connectivity index (χ4v) is 7.08. The molecule has 0 heterocycles. The summed E-state index contributed by atoms with van der Waals surface area (Å²) in [5.74, 6) is -0.915. The van der Waals surface area contributed by atoms with Crippen LogP contribution in [0, 0.1) is 36.5 Å². The molecular formula is C25H30N2O7. The lowest BCUT2D eigenvalue weighted by molar-refractivity contribution is -0.394. The Hall–Kier alpha value is -3.10. The van der Waals surface area contributed by atoms with Gasteiger partial charge in [0.05, 0.1) is 21.5 Å². The summed E-state index contributed by atoms with van der Waals surface area (Å²) in [6.07, 6.45) is 3.70. The molecule has 0 aliphatic heterocycles. The van der Waals surface area contributed by atoms with Gasteiger partial charge >= 0.3 is 5.97 Å². The topological polar surface area (TPSA) is 130 Å². The van der Waals surface area contributed by atoms with Gasteiger partial charge in [0, 0.05) is 24.1 Å². The summed E-state index contributed by atoms with van der Waals surface area (Å²) in [5.41, 5.74) is -1.52. The number of ketones is 1. The van der Waals surface area contributed by atoms with Crippen LogP contribution in [0.25, 0.3) is 0 Å². The number of rotatable bonds is 4. The molecule has 0 spiro atoms. The normalized spacial score (nSPS) is 29.3. The van der Waals surface area contributed by atoms with E-state index in [0.29, 0.717) is 24.8 Å². The number of hydrogen-bond acceptors (Lipinski definition) is 7. The second kappa shape index (κ2) is 7.45. The van der Waals surface area contributed by atoms with Crippen molar-refractivity contribution in [3.05, 3.63) is 55.1 Å². The Morgan fingerprint density at radius 2 is 1.44 bits per heavy atom. The Balaban J connectivity index is 1.83. The van der Waals surface area contributed by atoms with Crippen LogP contribution in [0.5, 0.6) is 0 Å². The summed E-state index contributed by atoms with van der Waals surface area (Å²) >= 11 is 0. The van der Waals surface area contributed by atoms with E-state index in [-0.39, 0.29) is 27.6 Å². The molecule has 9 nitrogen and oxygen atoms in total. The lowest BCUT2D eigenvalue weighted by atomic mass is 9.49. The number of Topliss-reactive ketones (excluding diaryl/α,β-unsaturated/α-hetero) is 1. The average molecular weight is 471 g/mol. The third-order valence-corrected chi connectivity index (χ3v) is 7.29. The van der Waals surface area contributed by atoms with Crippen LogP contribution in [0.2, 0.25) is 0 Å². The van der Waals surface area contributed by atoms with E-state index in [1.54, 1.807) is 0 Å². The van der Waals surface area contributed by atoms with Gasteiger partial charge in [-0.1, -0.05) is 40.2 Å². The molecule has 3 aliphatic carbocycles. The van der Waals surface area contributed by atoms with E-state index < -0.39 is 32.8 Å². The highest BCUT2D eigenvalue weighted by atomic mass is 16.6. The molecule has 182 valence electrons. The predicted octanol–water partition coefficient (Wildman–Crippen LogP) is 5.70. The maximum Gasteiger partial charge on any atom is 0.339 e. The molecule has 4 rings (SSSR count). The number of esters is 1. The number of benzene rings is 1. The number of carbonyl (C=O) groups is 2. The number of allylic oxidation sites excluding steroid dienone is 1. The molecule has 1 aromatic carbocycles. The second-order valence-corrected chi connectivity index (χ2v) is 12.2. The fourth-order valence-electron chi connectivity index (χ4n) is 7.08. The first-order valence-corrected chi connectivity index (χ1v) is 11.5. The van der Waals surface area contributed by atoms with Crippen LogP contribution < -0.4 is 0 Å². The summed E-state index contributed by atoms with van der Waals surface area (Å²) in [6.45, 7) is 10.5. The van der Waals surface area contributed by atoms with Crippen LogP contribution in [-0.4, -0.2) is 27.2 Å². The van der Waals surface area contributed by atoms with Gasteiger partial charge in [0.15, 0.2) is 5.78 Å². The van der Waals surface area contributed by atoms with Gasteiger partial charge in [-0.05, 0) is 48.3 Å². The maximum absolute atomic E-state index is 13.4. The molecular weight excluding hydrogens is 440 g/mol. The highest BCUT2D eigenvalue weighted by Gasteiger charge is 2.60. The summed E-state index contributed by atoms with van der Waals surface area (Å²) < 4.78 is 6.15. The van der Waals surface area contributed by atoms with Crippen molar-refractivity contribution in [2.45, 2.75) is 78.7 Å².